The van der Waals surface area contributed by atoms with E-state index < -0.39 is 15.9 Å². The fourth-order valence-electron chi connectivity index (χ4n) is 2.51. The Morgan fingerprint density at radius 3 is 2.39 bits per heavy atom. The number of methoxy groups -OCH3 is 2. The van der Waals surface area contributed by atoms with Crippen molar-refractivity contribution in [2.75, 3.05) is 27.0 Å². The number of benzene rings is 2. The molecular weight excluding hydrogens is 404 g/mol. The first-order valence-electron chi connectivity index (χ1n) is 8.40. The number of amides is 1. The van der Waals surface area contributed by atoms with Crippen LogP contribution in [-0.4, -0.2) is 45.7 Å². The van der Waals surface area contributed by atoms with Gasteiger partial charge in [0.25, 0.3) is 0 Å². The van der Waals surface area contributed by atoms with E-state index in [9.17, 15) is 13.2 Å². The summed E-state index contributed by atoms with van der Waals surface area (Å²) >= 11 is 6.11. The number of halogens is 1. The summed E-state index contributed by atoms with van der Waals surface area (Å²) in [6, 6.07) is 12.2. The highest BCUT2D eigenvalue weighted by Gasteiger charge is 2.21. The van der Waals surface area contributed by atoms with E-state index in [0.29, 0.717) is 22.1 Å². The zero-order chi connectivity index (χ0) is 20.7. The third kappa shape index (κ3) is 6.12. The molecule has 2 rings (SSSR count). The summed E-state index contributed by atoms with van der Waals surface area (Å²) in [6.45, 7) is -0.0670. The van der Waals surface area contributed by atoms with Crippen LogP contribution in [0.2, 0.25) is 5.02 Å². The van der Waals surface area contributed by atoms with E-state index in [0.717, 1.165) is 16.1 Å². The highest BCUT2D eigenvalue weighted by molar-refractivity contribution is 7.88. The summed E-state index contributed by atoms with van der Waals surface area (Å²) in [5.41, 5.74) is 1.42. The summed E-state index contributed by atoms with van der Waals surface area (Å²) in [7, 11) is -0.534. The normalized spacial score (nSPS) is 11.3. The molecule has 0 fully saturated rings. The van der Waals surface area contributed by atoms with Gasteiger partial charge >= 0.3 is 0 Å². The quantitative estimate of drug-likeness (QED) is 0.665. The van der Waals surface area contributed by atoms with Gasteiger partial charge in [-0.05, 0) is 29.3 Å². The van der Waals surface area contributed by atoms with Gasteiger partial charge in [-0.1, -0.05) is 35.9 Å². The van der Waals surface area contributed by atoms with Crippen LogP contribution in [0.15, 0.2) is 42.5 Å². The number of hydrogen-bond acceptors (Lipinski definition) is 5. The highest BCUT2D eigenvalue weighted by atomic mass is 35.5. The molecule has 0 unspecified atom stereocenters. The van der Waals surface area contributed by atoms with Crippen molar-refractivity contribution in [2.24, 2.45) is 0 Å². The molecule has 2 aromatic rings. The Morgan fingerprint density at radius 1 is 1.11 bits per heavy atom. The zero-order valence-corrected chi connectivity index (χ0v) is 17.5. The Balaban J connectivity index is 2.03. The van der Waals surface area contributed by atoms with Crippen LogP contribution in [0.25, 0.3) is 0 Å². The molecule has 0 atom stereocenters. The highest BCUT2D eigenvalue weighted by Crippen LogP contribution is 2.27. The number of rotatable bonds is 9. The Kier molecular flexibility index (Phi) is 7.68. The van der Waals surface area contributed by atoms with E-state index in [1.54, 1.807) is 42.5 Å². The summed E-state index contributed by atoms with van der Waals surface area (Å²) in [4.78, 5) is 12.3. The molecule has 28 heavy (non-hydrogen) atoms. The first-order valence-corrected chi connectivity index (χ1v) is 10.6. The van der Waals surface area contributed by atoms with Crippen molar-refractivity contribution in [1.82, 2.24) is 9.62 Å². The van der Waals surface area contributed by atoms with Crippen LogP contribution in [-0.2, 0) is 27.9 Å². The molecule has 7 nitrogen and oxygen atoms in total. The number of ether oxygens (including phenoxy) is 2. The second kappa shape index (κ2) is 9.77. The number of carbonyl (C=O) groups excluding carboxylic acids is 1. The lowest BCUT2D eigenvalue weighted by Crippen LogP contribution is -2.39. The van der Waals surface area contributed by atoms with Crippen molar-refractivity contribution in [3.05, 3.63) is 58.6 Å². The largest absolute Gasteiger partial charge is 0.493 e. The summed E-state index contributed by atoms with van der Waals surface area (Å²) < 4.78 is 35.7. The topological polar surface area (TPSA) is 84.9 Å². The van der Waals surface area contributed by atoms with Crippen molar-refractivity contribution >= 4 is 27.5 Å². The monoisotopic (exact) mass is 426 g/mol. The first kappa shape index (κ1) is 22.0. The first-order chi connectivity index (χ1) is 13.2. The SMILES string of the molecule is COc1ccc(CNC(=O)CN(Cc2ccccc2Cl)S(C)(=O)=O)cc1OC. The molecule has 9 heteroatoms. The summed E-state index contributed by atoms with van der Waals surface area (Å²) in [5, 5.41) is 3.16. The smallest absolute Gasteiger partial charge is 0.235 e. The van der Waals surface area contributed by atoms with Crippen LogP contribution < -0.4 is 14.8 Å². The van der Waals surface area contributed by atoms with Crippen LogP contribution in [0.4, 0.5) is 0 Å². The lowest BCUT2D eigenvalue weighted by atomic mass is 10.2. The van der Waals surface area contributed by atoms with E-state index in [4.69, 9.17) is 21.1 Å². The van der Waals surface area contributed by atoms with Gasteiger partial charge in [0.1, 0.15) is 0 Å². The molecule has 0 aliphatic heterocycles. The molecule has 1 N–H and O–H groups in total. The average molecular weight is 427 g/mol. The molecule has 0 aromatic heterocycles. The Hall–Kier alpha value is -2.29. The van der Waals surface area contributed by atoms with E-state index in [1.807, 2.05) is 0 Å². The van der Waals surface area contributed by atoms with Gasteiger partial charge in [-0.2, -0.15) is 4.31 Å². The predicted octanol–water partition coefficient (Wildman–Crippen LogP) is 2.44. The molecule has 0 bridgehead atoms. The minimum atomic E-state index is -3.60. The maximum atomic E-state index is 12.3. The molecule has 152 valence electrons. The summed E-state index contributed by atoms with van der Waals surface area (Å²) in [6.07, 6.45) is 1.06. The Morgan fingerprint density at radius 2 is 1.79 bits per heavy atom. The van der Waals surface area contributed by atoms with Crippen molar-refractivity contribution < 1.29 is 22.7 Å². The van der Waals surface area contributed by atoms with Gasteiger partial charge in [-0.3, -0.25) is 4.79 Å². The van der Waals surface area contributed by atoms with Crippen LogP contribution in [0, 0.1) is 0 Å². The minimum absolute atomic E-state index is 0.0162. The maximum absolute atomic E-state index is 12.3. The lowest BCUT2D eigenvalue weighted by molar-refractivity contribution is -0.121. The van der Waals surface area contributed by atoms with Gasteiger partial charge in [0.2, 0.25) is 15.9 Å². The Bertz CT molecular complexity index is 934. The lowest BCUT2D eigenvalue weighted by Gasteiger charge is -2.20. The Labute approximate surface area is 170 Å². The van der Waals surface area contributed by atoms with Crippen molar-refractivity contribution in [1.29, 1.82) is 0 Å². The third-order valence-corrected chi connectivity index (χ3v) is 5.60. The van der Waals surface area contributed by atoms with Crippen LogP contribution in [0.3, 0.4) is 0 Å². The number of sulfonamides is 1. The van der Waals surface area contributed by atoms with E-state index >= 15 is 0 Å². The predicted molar refractivity (Wildman–Crippen MR) is 108 cm³/mol. The zero-order valence-electron chi connectivity index (χ0n) is 15.9. The molecule has 0 aliphatic rings. The molecule has 0 saturated heterocycles. The third-order valence-electron chi connectivity index (χ3n) is 4.03. The van der Waals surface area contributed by atoms with Gasteiger partial charge in [-0.15, -0.1) is 0 Å². The van der Waals surface area contributed by atoms with Crippen molar-refractivity contribution in [2.45, 2.75) is 13.1 Å². The second-order valence-electron chi connectivity index (χ2n) is 6.09. The molecule has 1 amide bonds. The molecule has 0 heterocycles. The van der Waals surface area contributed by atoms with Gasteiger partial charge in [0.05, 0.1) is 27.0 Å². The molecule has 0 radical (unpaired) electrons. The summed E-state index contributed by atoms with van der Waals surface area (Å²) in [5.74, 6) is 0.707. The van der Waals surface area contributed by atoms with Crippen molar-refractivity contribution in [3.63, 3.8) is 0 Å². The van der Waals surface area contributed by atoms with Gasteiger partial charge in [-0.25, -0.2) is 8.42 Å². The fraction of sp³-hybridized carbons (Fsp3) is 0.316. The fourth-order valence-corrected chi connectivity index (χ4v) is 3.44. The molecule has 0 aliphatic carbocycles. The number of nitrogens with zero attached hydrogens (tertiary/aromatic N) is 1. The van der Waals surface area contributed by atoms with Crippen LogP contribution in [0.5, 0.6) is 11.5 Å². The number of carbonyl (C=O) groups is 1. The molecular formula is C19H23ClN2O5S. The van der Waals surface area contributed by atoms with E-state index in [2.05, 4.69) is 5.32 Å². The number of nitrogens with one attached hydrogen (secondary N) is 1. The van der Waals surface area contributed by atoms with Gasteiger partial charge < -0.3 is 14.8 Å². The molecule has 0 spiro atoms. The van der Waals surface area contributed by atoms with Crippen molar-refractivity contribution in [3.8, 4) is 11.5 Å². The minimum Gasteiger partial charge on any atom is -0.493 e. The second-order valence-corrected chi connectivity index (χ2v) is 8.48. The number of hydrogen-bond donors (Lipinski definition) is 1. The van der Waals surface area contributed by atoms with Crippen LogP contribution in [0.1, 0.15) is 11.1 Å². The van der Waals surface area contributed by atoms with E-state index in [-0.39, 0.29) is 19.6 Å². The van der Waals surface area contributed by atoms with Gasteiger partial charge in [0.15, 0.2) is 11.5 Å². The maximum Gasteiger partial charge on any atom is 0.235 e. The van der Waals surface area contributed by atoms with Crippen LogP contribution >= 0.6 is 11.6 Å². The molecule has 0 saturated carbocycles. The molecule has 2 aromatic carbocycles. The average Bonchev–Trinajstić information content (AvgIpc) is 2.66. The standard InChI is InChI=1S/C19H23ClN2O5S/c1-26-17-9-8-14(10-18(17)27-2)11-21-19(23)13-22(28(3,24)25)12-15-6-4-5-7-16(15)20/h4-10H,11-13H2,1-3H3,(H,21,23). The van der Waals surface area contributed by atoms with Gasteiger partial charge in [0, 0.05) is 18.1 Å². The van der Waals surface area contributed by atoms with E-state index in [1.165, 1.54) is 14.2 Å².